The summed E-state index contributed by atoms with van der Waals surface area (Å²) in [5.41, 5.74) is 1.22. The Labute approximate surface area is 120 Å². The highest BCUT2D eigenvalue weighted by atomic mass is 16.7. The summed E-state index contributed by atoms with van der Waals surface area (Å²) in [6, 6.07) is 0. The van der Waals surface area contributed by atoms with Gasteiger partial charge < -0.3 is 18.9 Å². The third kappa shape index (κ3) is 1.18. The van der Waals surface area contributed by atoms with Crippen molar-refractivity contribution in [1.82, 2.24) is 0 Å². The molecule has 110 valence electrons. The summed E-state index contributed by atoms with van der Waals surface area (Å²) < 4.78 is 22.8. The van der Waals surface area contributed by atoms with Crippen LogP contribution < -0.4 is 0 Å². The van der Waals surface area contributed by atoms with Crippen LogP contribution in [-0.2, 0) is 28.5 Å². The van der Waals surface area contributed by atoms with Crippen LogP contribution in [0.4, 0.5) is 0 Å². The van der Waals surface area contributed by atoms with E-state index in [-0.39, 0.29) is 18.2 Å². The van der Waals surface area contributed by atoms with Gasteiger partial charge in [-0.25, -0.2) is 9.59 Å². The SMILES string of the molecule is CC1=C[C@@]23OC(=O)C(C)=C2[C@H]2OC(=O)[C@]4(CC[C@@H]1O3)O[C@H]24. The van der Waals surface area contributed by atoms with E-state index in [4.69, 9.17) is 18.9 Å². The smallest absolute Gasteiger partial charge is 0.342 e. The van der Waals surface area contributed by atoms with Crippen LogP contribution in [0.1, 0.15) is 26.7 Å². The molecular weight excluding hydrogens is 276 g/mol. The minimum atomic E-state index is -1.22. The second-order valence-electron chi connectivity index (χ2n) is 6.38. The first-order chi connectivity index (χ1) is 9.97. The van der Waals surface area contributed by atoms with Gasteiger partial charge in [0.05, 0.1) is 11.7 Å². The van der Waals surface area contributed by atoms with E-state index < -0.39 is 23.5 Å². The first-order valence-electron chi connectivity index (χ1n) is 7.17. The Morgan fingerprint density at radius 3 is 2.81 bits per heavy atom. The van der Waals surface area contributed by atoms with E-state index in [0.29, 0.717) is 24.0 Å². The average Bonchev–Trinajstić information content (AvgIpc) is 2.90. The van der Waals surface area contributed by atoms with Crippen LogP contribution in [0.2, 0.25) is 0 Å². The van der Waals surface area contributed by atoms with Gasteiger partial charge in [0.25, 0.3) is 5.79 Å². The lowest BCUT2D eigenvalue weighted by atomic mass is 9.89. The normalized spacial score (nSPS) is 49.6. The van der Waals surface area contributed by atoms with Gasteiger partial charge >= 0.3 is 11.9 Å². The summed E-state index contributed by atoms with van der Waals surface area (Å²) >= 11 is 0. The van der Waals surface area contributed by atoms with E-state index in [1.165, 1.54) is 0 Å². The van der Waals surface area contributed by atoms with Crippen LogP contribution in [0.3, 0.4) is 0 Å². The molecule has 0 saturated carbocycles. The van der Waals surface area contributed by atoms with Crippen molar-refractivity contribution in [2.24, 2.45) is 0 Å². The van der Waals surface area contributed by atoms with Gasteiger partial charge in [0.1, 0.15) is 6.10 Å². The number of hydrogen-bond donors (Lipinski definition) is 0. The number of hydrogen-bond acceptors (Lipinski definition) is 6. The predicted molar refractivity (Wildman–Crippen MR) is 66.9 cm³/mol. The van der Waals surface area contributed by atoms with Crippen molar-refractivity contribution in [3.8, 4) is 0 Å². The van der Waals surface area contributed by atoms with Crippen LogP contribution in [0.25, 0.3) is 0 Å². The maximum Gasteiger partial charge on any atom is 0.342 e. The molecule has 0 aromatic carbocycles. The Kier molecular flexibility index (Phi) is 1.83. The summed E-state index contributed by atoms with van der Waals surface area (Å²) in [6.07, 6.45) is 1.97. The average molecular weight is 290 g/mol. The highest BCUT2D eigenvalue weighted by molar-refractivity contribution is 5.94. The third-order valence-electron chi connectivity index (χ3n) is 5.23. The van der Waals surface area contributed by atoms with Gasteiger partial charge in [0, 0.05) is 5.57 Å². The van der Waals surface area contributed by atoms with Gasteiger partial charge in [-0.1, -0.05) is 0 Å². The molecule has 6 heteroatoms. The lowest BCUT2D eigenvalue weighted by Gasteiger charge is -2.29. The molecule has 3 fully saturated rings. The fourth-order valence-electron chi connectivity index (χ4n) is 4.06. The zero-order valence-corrected chi connectivity index (χ0v) is 11.7. The van der Waals surface area contributed by atoms with E-state index in [9.17, 15) is 9.59 Å². The van der Waals surface area contributed by atoms with Crippen LogP contribution >= 0.6 is 0 Å². The maximum atomic E-state index is 12.2. The Morgan fingerprint density at radius 1 is 1.24 bits per heavy atom. The molecule has 1 spiro atoms. The standard InChI is InChI=1S/C15H14O6/c1-6-5-15-9(7(2)12(16)21-15)10-11-14(20-11,13(17)18-10)4-3-8(6)19-15/h5,8,10-11H,3-4H2,1-2H3/t8-,10+,11+,14+,15+/m0/s1. The van der Waals surface area contributed by atoms with Gasteiger partial charge in [0.2, 0.25) is 0 Å². The number of epoxide rings is 1. The highest BCUT2D eigenvalue weighted by Crippen LogP contribution is 2.58. The van der Waals surface area contributed by atoms with Crippen LogP contribution in [0.5, 0.6) is 0 Å². The Bertz CT molecular complexity index is 676. The molecule has 5 aliphatic rings. The molecule has 0 amide bonds. The van der Waals surface area contributed by atoms with Crippen molar-refractivity contribution in [2.45, 2.75) is 56.4 Å². The van der Waals surface area contributed by atoms with E-state index in [0.717, 1.165) is 5.57 Å². The van der Waals surface area contributed by atoms with Gasteiger partial charge in [-0.15, -0.1) is 0 Å². The molecule has 0 aromatic rings. The molecule has 4 bridgehead atoms. The summed E-state index contributed by atoms with van der Waals surface area (Å²) in [4.78, 5) is 24.2. The number of rotatable bonds is 0. The molecule has 5 aliphatic heterocycles. The molecule has 0 aliphatic carbocycles. The Hall–Kier alpha value is -1.66. The molecule has 5 heterocycles. The van der Waals surface area contributed by atoms with E-state index in [1.807, 2.05) is 13.0 Å². The molecule has 21 heavy (non-hydrogen) atoms. The number of ether oxygens (including phenoxy) is 4. The largest absolute Gasteiger partial charge is 0.452 e. The van der Waals surface area contributed by atoms with Crippen LogP contribution in [0, 0.1) is 0 Å². The van der Waals surface area contributed by atoms with Gasteiger partial charge in [-0.2, -0.15) is 0 Å². The molecule has 0 unspecified atom stereocenters. The van der Waals surface area contributed by atoms with Crippen molar-refractivity contribution < 1.29 is 28.5 Å². The first kappa shape index (κ1) is 11.9. The van der Waals surface area contributed by atoms with E-state index in [1.54, 1.807) is 6.92 Å². The zero-order valence-electron chi connectivity index (χ0n) is 11.7. The fraction of sp³-hybridized carbons (Fsp3) is 0.600. The predicted octanol–water partition coefficient (Wildman–Crippen LogP) is 0.758. The van der Waals surface area contributed by atoms with Crippen LogP contribution in [0.15, 0.2) is 22.8 Å². The van der Waals surface area contributed by atoms with Crippen molar-refractivity contribution in [3.63, 3.8) is 0 Å². The lowest BCUT2D eigenvalue weighted by Crippen LogP contribution is -2.39. The maximum absolute atomic E-state index is 12.2. The number of fused-ring (bicyclic) bond motifs is 2. The van der Waals surface area contributed by atoms with Gasteiger partial charge in [-0.3, -0.25) is 0 Å². The Balaban J connectivity index is 1.73. The van der Waals surface area contributed by atoms with Crippen molar-refractivity contribution in [3.05, 3.63) is 22.8 Å². The molecule has 6 nitrogen and oxygen atoms in total. The molecule has 0 aromatic heterocycles. The first-order valence-corrected chi connectivity index (χ1v) is 7.17. The van der Waals surface area contributed by atoms with Gasteiger partial charge in [0.15, 0.2) is 11.7 Å². The number of carbonyl (C=O) groups is 2. The molecule has 5 atom stereocenters. The minimum Gasteiger partial charge on any atom is -0.452 e. The number of carbonyl (C=O) groups excluding carboxylic acids is 2. The summed E-state index contributed by atoms with van der Waals surface area (Å²) in [5.74, 6) is -1.97. The molecule has 5 rings (SSSR count). The quantitative estimate of drug-likeness (QED) is 0.372. The van der Waals surface area contributed by atoms with Crippen molar-refractivity contribution in [1.29, 1.82) is 0 Å². The van der Waals surface area contributed by atoms with Crippen molar-refractivity contribution >= 4 is 11.9 Å². The number of esters is 2. The van der Waals surface area contributed by atoms with E-state index in [2.05, 4.69) is 0 Å². The lowest BCUT2D eigenvalue weighted by molar-refractivity contribution is -0.192. The zero-order chi connectivity index (χ0) is 14.6. The minimum absolute atomic E-state index is 0.162. The third-order valence-corrected chi connectivity index (χ3v) is 5.23. The highest BCUT2D eigenvalue weighted by Gasteiger charge is 2.76. The van der Waals surface area contributed by atoms with E-state index >= 15 is 0 Å². The van der Waals surface area contributed by atoms with Crippen LogP contribution in [-0.4, -0.2) is 41.6 Å². The second kappa shape index (κ2) is 3.23. The summed E-state index contributed by atoms with van der Waals surface area (Å²) in [6.45, 7) is 3.63. The summed E-state index contributed by atoms with van der Waals surface area (Å²) in [5, 5.41) is 0. The molecule has 3 saturated heterocycles. The molecular formula is C15H14O6. The topological polar surface area (TPSA) is 74.4 Å². The monoisotopic (exact) mass is 290 g/mol. The van der Waals surface area contributed by atoms with Gasteiger partial charge in [-0.05, 0) is 38.3 Å². The summed E-state index contributed by atoms with van der Waals surface area (Å²) in [7, 11) is 0. The Morgan fingerprint density at radius 2 is 2.05 bits per heavy atom. The van der Waals surface area contributed by atoms with Crippen molar-refractivity contribution in [2.75, 3.05) is 0 Å². The second-order valence-corrected chi connectivity index (χ2v) is 6.38. The molecule has 0 radical (unpaired) electrons. The fourth-order valence-corrected chi connectivity index (χ4v) is 4.06. The molecule has 0 N–H and O–H groups in total.